The van der Waals surface area contributed by atoms with Gasteiger partial charge in [0, 0.05) is 24.0 Å². The molecule has 3 atom stereocenters. The summed E-state index contributed by atoms with van der Waals surface area (Å²) < 4.78 is 88.5. The van der Waals surface area contributed by atoms with Crippen LogP contribution in [0, 0.1) is 22.7 Å². The number of aliphatic hydroxyl groups excluding tert-OH is 1. The lowest BCUT2D eigenvalue weighted by atomic mass is 9.74. The maximum atomic E-state index is 13.1. The van der Waals surface area contributed by atoms with Gasteiger partial charge in [-0.2, -0.15) is 26.3 Å². The van der Waals surface area contributed by atoms with E-state index in [-0.39, 0.29) is 69.8 Å². The first-order valence-electron chi connectivity index (χ1n) is 16.7. The van der Waals surface area contributed by atoms with Crippen molar-refractivity contribution in [2.45, 2.75) is 105 Å². The first-order valence-corrected chi connectivity index (χ1v) is 16.7. The Morgan fingerprint density at radius 1 is 0.784 bits per heavy atom. The van der Waals surface area contributed by atoms with Crippen LogP contribution in [0.4, 0.5) is 26.3 Å². The second-order valence-electron chi connectivity index (χ2n) is 14.4. The zero-order chi connectivity index (χ0) is 36.8. The van der Waals surface area contributed by atoms with Crippen molar-refractivity contribution in [3.8, 4) is 11.5 Å². The highest BCUT2D eigenvalue weighted by Crippen LogP contribution is 2.47. The predicted octanol–water partition coefficient (Wildman–Crippen LogP) is 7.99. The van der Waals surface area contributed by atoms with Crippen LogP contribution < -0.4 is 9.47 Å². The Morgan fingerprint density at radius 3 is 1.59 bits per heavy atom. The second kappa shape index (κ2) is 14.7. The molecule has 2 aliphatic heterocycles. The van der Waals surface area contributed by atoms with Crippen molar-refractivity contribution in [2.24, 2.45) is 22.7 Å². The van der Waals surface area contributed by atoms with Crippen molar-refractivity contribution in [2.75, 3.05) is 13.5 Å². The first-order chi connectivity index (χ1) is 23.3. The molecule has 4 aliphatic rings. The summed E-state index contributed by atoms with van der Waals surface area (Å²) in [5, 5.41) is 9.92. The third-order valence-corrected chi connectivity index (χ3v) is 10.8. The van der Waals surface area contributed by atoms with E-state index < -0.39 is 40.4 Å². The summed E-state index contributed by atoms with van der Waals surface area (Å²) >= 11 is 0. The number of amides is 2. The van der Waals surface area contributed by atoms with Gasteiger partial charge in [0.15, 0.2) is 13.5 Å². The fourth-order valence-corrected chi connectivity index (χ4v) is 7.56. The molecule has 2 amide bonds. The first kappa shape index (κ1) is 40.0. The lowest BCUT2D eigenvalue weighted by Crippen LogP contribution is -2.48. The molecule has 2 aliphatic carbocycles. The Bertz CT molecular complexity index is 1630. The van der Waals surface area contributed by atoms with E-state index in [1.165, 1.54) is 21.9 Å². The van der Waals surface area contributed by atoms with Crippen LogP contribution in [-0.2, 0) is 39.8 Å². The summed E-state index contributed by atoms with van der Waals surface area (Å²) in [6, 6.07) is 6.62. The highest BCUT2D eigenvalue weighted by Gasteiger charge is 2.51. The maximum Gasteiger partial charge on any atom is 0.416 e. The van der Waals surface area contributed by atoms with Crippen molar-refractivity contribution in [1.29, 1.82) is 0 Å². The van der Waals surface area contributed by atoms with E-state index in [1.54, 1.807) is 0 Å². The topological polar surface area (TPSA) is 96.4 Å². The van der Waals surface area contributed by atoms with E-state index in [4.69, 9.17) is 9.47 Å². The van der Waals surface area contributed by atoms with E-state index in [9.17, 15) is 45.8 Å². The molecule has 2 aromatic rings. The third-order valence-electron chi connectivity index (χ3n) is 10.8. The Kier molecular flexibility index (Phi) is 11.5. The largest absolute Gasteiger partial charge is 0.473 e. The number of carbonyl (C=O) groups excluding carboxylic acids is 3. The van der Waals surface area contributed by atoms with Gasteiger partial charge in [-0.3, -0.25) is 14.4 Å². The average molecular weight is 729 g/mol. The molecule has 282 valence electrons. The molecule has 2 aromatic carbocycles. The number of hydrogen-bond donors (Lipinski definition) is 1. The average Bonchev–Trinajstić information content (AvgIpc) is 3.66. The molecule has 0 aromatic heterocycles. The summed E-state index contributed by atoms with van der Waals surface area (Å²) in [7, 11) is 0. The quantitative estimate of drug-likeness (QED) is 0.321. The lowest BCUT2D eigenvalue weighted by Gasteiger charge is -2.39. The monoisotopic (exact) mass is 728 g/mol. The van der Waals surface area contributed by atoms with Gasteiger partial charge in [-0.05, 0) is 73.9 Å². The summed E-state index contributed by atoms with van der Waals surface area (Å²) in [5.41, 5.74) is -2.29. The van der Waals surface area contributed by atoms with Gasteiger partial charge >= 0.3 is 12.4 Å². The Morgan fingerprint density at radius 2 is 1.24 bits per heavy atom. The van der Waals surface area contributed by atoms with Gasteiger partial charge in [0.05, 0.1) is 41.2 Å². The van der Waals surface area contributed by atoms with Gasteiger partial charge < -0.3 is 24.4 Å². The number of rotatable bonds is 4. The van der Waals surface area contributed by atoms with Crippen LogP contribution >= 0.6 is 0 Å². The highest BCUT2D eigenvalue weighted by molar-refractivity contribution is 5.93. The molecule has 14 heteroatoms. The molecule has 0 spiro atoms. The number of ketones is 1. The Hall–Kier alpha value is -3.81. The summed E-state index contributed by atoms with van der Waals surface area (Å²) in [5.74, 6) is 0.424. The second-order valence-corrected chi connectivity index (χ2v) is 14.4. The van der Waals surface area contributed by atoms with Gasteiger partial charge in [0.1, 0.15) is 17.3 Å². The fourth-order valence-electron chi connectivity index (χ4n) is 7.56. The van der Waals surface area contributed by atoms with Crippen molar-refractivity contribution < 1.29 is 55.3 Å². The van der Waals surface area contributed by atoms with Crippen molar-refractivity contribution in [3.05, 3.63) is 58.7 Å². The van der Waals surface area contributed by atoms with Gasteiger partial charge in [-0.1, -0.05) is 35.1 Å². The van der Waals surface area contributed by atoms with Crippen LogP contribution in [0.5, 0.6) is 11.5 Å². The lowest BCUT2D eigenvalue weighted by molar-refractivity contribution is -0.151. The minimum atomic E-state index is -4.45. The number of nitrogens with zero attached hydrogens (tertiary/aromatic N) is 2. The summed E-state index contributed by atoms with van der Waals surface area (Å²) in [6.07, 6.45) is -6.83. The molecule has 2 saturated carbocycles. The fraction of sp³-hybridized carbons (Fsp3) is 0.595. The minimum absolute atomic E-state index is 0. The number of carbonyl (C=O) groups is 3. The predicted molar refractivity (Wildman–Crippen MR) is 175 cm³/mol. The van der Waals surface area contributed by atoms with E-state index in [0.717, 1.165) is 24.3 Å². The molecular weight excluding hydrogens is 682 g/mol. The molecular formula is C37H46F6N2O6. The van der Waals surface area contributed by atoms with Crippen molar-refractivity contribution >= 4 is 17.6 Å². The number of Topliss-reactive ketones (excluding diaryl/α,β-unsaturated/α-hetero) is 1. The van der Waals surface area contributed by atoms with E-state index in [1.807, 2.05) is 27.7 Å². The molecule has 6 rings (SSSR count). The smallest absolute Gasteiger partial charge is 0.416 e. The minimum Gasteiger partial charge on any atom is -0.473 e. The van der Waals surface area contributed by atoms with Crippen LogP contribution in [-0.4, -0.2) is 52.1 Å². The van der Waals surface area contributed by atoms with E-state index >= 15 is 0 Å². The summed E-state index contributed by atoms with van der Waals surface area (Å²) in [6.45, 7) is 7.83. The number of alkyl halides is 6. The van der Waals surface area contributed by atoms with Gasteiger partial charge in [-0.25, -0.2) is 0 Å². The third kappa shape index (κ3) is 8.00. The number of hydrogen-bond acceptors (Lipinski definition) is 6. The normalized spacial score (nSPS) is 24.6. The molecule has 1 unspecified atom stereocenters. The van der Waals surface area contributed by atoms with Gasteiger partial charge in [-0.15, -0.1) is 0 Å². The van der Waals surface area contributed by atoms with Gasteiger partial charge in [0.25, 0.3) is 0 Å². The van der Waals surface area contributed by atoms with Crippen molar-refractivity contribution in [3.63, 3.8) is 0 Å². The molecule has 0 saturated heterocycles. The van der Waals surface area contributed by atoms with Crippen LogP contribution in [0.15, 0.2) is 36.4 Å². The van der Waals surface area contributed by atoms with Gasteiger partial charge in [0.2, 0.25) is 11.8 Å². The molecule has 0 radical (unpaired) electrons. The van der Waals surface area contributed by atoms with E-state index in [0.29, 0.717) is 54.7 Å². The highest BCUT2D eigenvalue weighted by atomic mass is 19.4. The molecule has 2 heterocycles. The van der Waals surface area contributed by atoms with Crippen LogP contribution in [0.3, 0.4) is 0 Å². The van der Waals surface area contributed by atoms with Crippen LogP contribution in [0.25, 0.3) is 0 Å². The zero-order valence-corrected chi connectivity index (χ0v) is 28.4. The number of ether oxygens (including phenoxy) is 2. The maximum absolute atomic E-state index is 13.1. The molecule has 1 N–H and O–H groups in total. The van der Waals surface area contributed by atoms with Crippen LogP contribution in [0.2, 0.25) is 0 Å². The Balaban J connectivity index is 0.000000224. The Labute approximate surface area is 294 Å². The number of fused-ring (bicyclic) bond motifs is 2. The number of halogens is 6. The number of benzene rings is 2. The standard InChI is InChI=1S/C18H22F3NO3.C18H20F3NO3.CH4/c2*1-11(2)17(6-5-14(23)8-17)16(24)22-9-12-7-13(18(19,20)21)3-4-15(12)25-10-22;/h3-4,7,11,14,23H,5-6,8-10H2,1-2H3;3-4,7,11H,5-6,8-10H2,1-2H3;1H4/t14?,17-;17-;/m00./s1. The molecule has 8 nitrogen and oxygen atoms in total. The van der Waals surface area contributed by atoms with E-state index in [2.05, 4.69) is 0 Å². The van der Waals surface area contributed by atoms with Crippen molar-refractivity contribution in [1.82, 2.24) is 9.80 Å². The zero-order valence-electron chi connectivity index (χ0n) is 28.4. The summed E-state index contributed by atoms with van der Waals surface area (Å²) in [4.78, 5) is 40.8. The molecule has 0 bridgehead atoms. The SMILES string of the molecule is C.CC(C)[C@]1(C(=O)N2COc3ccc(C(F)(F)F)cc3C2)CCC(=O)C1.CC(C)[C@]1(C(=O)N2COc3ccc(C(F)(F)F)cc3C2)CCC(O)C1. The molecule has 2 fully saturated rings. The van der Waals surface area contributed by atoms with Crippen LogP contribution in [0.1, 0.15) is 95.9 Å². The molecule has 51 heavy (non-hydrogen) atoms. The number of aliphatic hydroxyl groups is 1.